The van der Waals surface area contributed by atoms with Gasteiger partial charge in [0.1, 0.15) is 0 Å². The highest BCUT2D eigenvalue weighted by atomic mass is 16.5. The second-order valence-electron chi connectivity index (χ2n) is 6.69. The minimum atomic E-state index is 0.197. The van der Waals surface area contributed by atoms with Gasteiger partial charge in [0.15, 0.2) is 23.0 Å². The molecule has 2 aromatic rings. The van der Waals surface area contributed by atoms with Crippen molar-refractivity contribution in [1.29, 1.82) is 0 Å². The number of fused-ring (bicyclic) bond motifs is 2. The molecule has 1 heterocycles. The van der Waals surface area contributed by atoms with Gasteiger partial charge in [0, 0.05) is 17.2 Å². The molecule has 0 spiro atoms. The fourth-order valence-corrected chi connectivity index (χ4v) is 4.44. The third kappa shape index (κ3) is 2.51. The van der Waals surface area contributed by atoms with E-state index >= 15 is 0 Å². The minimum Gasteiger partial charge on any atom is -0.493 e. The maximum atomic E-state index is 5.83. The smallest absolute Gasteiger partial charge is 0.204 e. The molecule has 0 radical (unpaired) electrons. The summed E-state index contributed by atoms with van der Waals surface area (Å²) in [5, 5.41) is 3.64. The van der Waals surface area contributed by atoms with Crippen molar-refractivity contribution < 1.29 is 23.7 Å². The molecular weight excluding hydrogens is 346 g/mol. The van der Waals surface area contributed by atoms with Gasteiger partial charge in [0.05, 0.1) is 35.5 Å². The second-order valence-corrected chi connectivity index (χ2v) is 6.69. The summed E-state index contributed by atoms with van der Waals surface area (Å²) in [6.45, 7) is 0.894. The van der Waals surface area contributed by atoms with Crippen LogP contribution in [0, 0.1) is 0 Å². The highest BCUT2D eigenvalue weighted by Crippen LogP contribution is 2.56. The maximum Gasteiger partial charge on any atom is 0.204 e. The number of ether oxygens (including phenoxy) is 5. The lowest BCUT2D eigenvalue weighted by Gasteiger charge is -2.37. The number of hydrogen-bond acceptors (Lipinski definition) is 6. The van der Waals surface area contributed by atoms with Crippen LogP contribution in [-0.4, -0.2) is 42.1 Å². The van der Waals surface area contributed by atoms with Crippen molar-refractivity contribution in [3.63, 3.8) is 0 Å². The van der Waals surface area contributed by atoms with Crippen LogP contribution in [0.25, 0.3) is 11.1 Å². The lowest BCUT2D eigenvalue weighted by Crippen LogP contribution is -2.34. The van der Waals surface area contributed by atoms with Crippen LogP contribution in [-0.2, 0) is 12.8 Å². The summed E-state index contributed by atoms with van der Waals surface area (Å²) >= 11 is 0. The average Bonchev–Trinajstić information content (AvgIpc) is 2.71. The van der Waals surface area contributed by atoms with Crippen LogP contribution >= 0.6 is 0 Å². The van der Waals surface area contributed by atoms with E-state index in [0.717, 1.165) is 42.0 Å². The highest BCUT2D eigenvalue weighted by molar-refractivity contribution is 5.87. The van der Waals surface area contributed by atoms with Crippen molar-refractivity contribution in [2.45, 2.75) is 18.9 Å². The summed E-state index contributed by atoms with van der Waals surface area (Å²) in [6, 6.07) is 4.29. The van der Waals surface area contributed by atoms with Crippen molar-refractivity contribution in [2.75, 3.05) is 42.1 Å². The molecule has 0 saturated carbocycles. The lowest BCUT2D eigenvalue weighted by atomic mass is 9.76. The van der Waals surface area contributed by atoms with Crippen molar-refractivity contribution >= 4 is 0 Å². The first kappa shape index (κ1) is 17.8. The minimum absolute atomic E-state index is 0.197. The van der Waals surface area contributed by atoms with Crippen molar-refractivity contribution in [3.05, 3.63) is 28.8 Å². The topological polar surface area (TPSA) is 58.2 Å². The number of rotatable bonds is 5. The Bertz CT molecular complexity index is 893. The Morgan fingerprint density at radius 3 is 2.11 bits per heavy atom. The Kier molecular flexibility index (Phi) is 4.52. The predicted molar refractivity (Wildman–Crippen MR) is 103 cm³/mol. The summed E-state index contributed by atoms with van der Waals surface area (Å²) in [5.41, 5.74) is 5.74. The Balaban J connectivity index is 2.10. The monoisotopic (exact) mass is 371 g/mol. The Labute approximate surface area is 159 Å². The van der Waals surface area contributed by atoms with E-state index in [1.54, 1.807) is 35.5 Å². The first-order chi connectivity index (χ1) is 13.2. The number of benzene rings is 2. The van der Waals surface area contributed by atoms with E-state index < -0.39 is 0 Å². The molecule has 1 unspecified atom stereocenters. The maximum absolute atomic E-state index is 5.83. The van der Waals surface area contributed by atoms with Gasteiger partial charge in [-0.1, -0.05) is 0 Å². The van der Waals surface area contributed by atoms with Gasteiger partial charge in [-0.3, -0.25) is 0 Å². The summed E-state index contributed by atoms with van der Waals surface area (Å²) in [5.74, 6) is 3.52. The largest absolute Gasteiger partial charge is 0.493 e. The molecule has 0 fully saturated rings. The summed E-state index contributed by atoms with van der Waals surface area (Å²) in [7, 11) is 8.31. The van der Waals surface area contributed by atoms with Gasteiger partial charge in [0.2, 0.25) is 5.75 Å². The Morgan fingerprint density at radius 2 is 1.48 bits per heavy atom. The molecule has 0 saturated heterocycles. The molecule has 2 aromatic carbocycles. The third-order valence-electron chi connectivity index (χ3n) is 5.54. The zero-order chi connectivity index (χ0) is 19.1. The van der Waals surface area contributed by atoms with Gasteiger partial charge in [-0.05, 0) is 48.2 Å². The normalized spacial score (nSPS) is 16.9. The lowest BCUT2D eigenvalue weighted by molar-refractivity contribution is 0.318. The standard InChI is InChI=1S/C21H25NO5/c1-23-15-9-11-8-14-17-12(6-7-22-14)19(25-3)21(27-5)20(26-4)18(17)13(11)10-16(15)24-2/h9-10,14,22H,6-8H2,1-5H3. The average molecular weight is 371 g/mol. The van der Waals surface area contributed by atoms with Gasteiger partial charge >= 0.3 is 0 Å². The quantitative estimate of drug-likeness (QED) is 0.871. The van der Waals surface area contributed by atoms with E-state index in [1.807, 2.05) is 6.07 Å². The van der Waals surface area contributed by atoms with Crippen LogP contribution in [0.3, 0.4) is 0 Å². The van der Waals surface area contributed by atoms with Gasteiger partial charge in [-0.15, -0.1) is 0 Å². The molecule has 2 aliphatic rings. The van der Waals surface area contributed by atoms with Gasteiger partial charge in [-0.2, -0.15) is 0 Å². The molecular formula is C21H25NO5. The van der Waals surface area contributed by atoms with Crippen molar-refractivity contribution in [1.82, 2.24) is 5.32 Å². The fourth-order valence-electron chi connectivity index (χ4n) is 4.44. The molecule has 0 bridgehead atoms. The second kappa shape index (κ2) is 6.85. The van der Waals surface area contributed by atoms with E-state index in [4.69, 9.17) is 23.7 Å². The van der Waals surface area contributed by atoms with Crippen LogP contribution in [0.5, 0.6) is 28.7 Å². The third-order valence-corrected chi connectivity index (χ3v) is 5.54. The van der Waals surface area contributed by atoms with E-state index in [2.05, 4.69) is 11.4 Å². The molecule has 0 amide bonds. The Hall–Kier alpha value is -2.60. The number of methoxy groups -OCH3 is 5. The zero-order valence-corrected chi connectivity index (χ0v) is 16.4. The molecule has 1 aliphatic carbocycles. The highest BCUT2D eigenvalue weighted by Gasteiger charge is 2.37. The molecule has 0 aromatic heterocycles. The molecule has 4 rings (SSSR count). The first-order valence-corrected chi connectivity index (χ1v) is 9.01. The van der Waals surface area contributed by atoms with E-state index in [-0.39, 0.29) is 6.04 Å². The summed E-state index contributed by atoms with van der Waals surface area (Å²) in [4.78, 5) is 0. The first-order valence-electron chi connectivity index (χ1n) is 9.01. The Morgan fingerprint density at radius 1 is 0.815 bits per heavy atom. The fraction of sp³-hybridized carbons (Fsp3) is 0.429. The van der Waals surface area contributed by atoms with Gasteiger partial charge in [0.25, 0.3) is 0 Å². The molecule has 6 nitrogen and oxygen atoms in total. The molecule has 1 atom stereocenters. The van der Waals surface area contributed by atoms with Crippen LogP contribution < -0.4 is 29.0 Å². The van der Waals surface area contributed by atoms with E-state index in [9.17, 15) is 0 Å². The summed E-state index contributed by atoms with van der Waals surface area (Å²) in [6.07, 6.45) is 1.75. The van der Waals surface area contributed by atoms with Crippen LogP contribution in [0.4, 0.5) is 0 Å². The molecule has 144 valence electrons. The zero-order valence-electron chi connectivity index (χ0n) is 16.4. The van der Waals surface area contributed by atoms with Crippen LogP contribution in [0.15, 0.2) is 12.1 Å². The predicted octanol–water partition coefficient (Wildman–Crippen LogP) is 3.14. The van der Waals surface area contributed by atoms with Crippen molar-refractivity contribution in [2.24, 2.45) is 0 Å². The number of nitrogens with one attached hydrogen (secondary N) is 1. The molecule has 1 N–H and O–H groups in total. The van der Waals surface area contributed by atoms with Crippen molar-refractivity contribution in [3.8, 4) is 39.9 Å². The van der Waals surface area contributed by atoms with E-state index in [1.165, 1.54) is 16.7 Å². The summed E-state index contributed by atoms with van der Waals surface area (Å²) < 4.78 is 28.4. The van der Waals surface area contributed by atoms with E-state index in [0.29, 0.717) is 17.2 Å². The SMILES string of the molecule is COc1cc2c(cc1OC)-c1c(OC)c(OC)c(OC)c3c1C(C2)NCC3. The van der Waals surface area contributed by atoms with Crippen LogP contribution in [0.1, 0.15) is 22.7 Å². The van der Waals surface area contributed by atoms with Gasteiger partial charge in [-0.25, -0.2) is 0 Å². The van der Waals surface area contributed by atoms with Crippen LogP contribution in [0.2, 0.25) is 0 Å². The van der Waals surface area contributed by atoms with Gasteiger partial charge < -0.3 is 29.0 Å². The number of hydrogen-bond donors (Lipinski definition) is 1. The molecule has 27 heavy (non-hydrogen) atoms. The molecule has 6 heteroatoms. The molecule has 1 aliphatic heterocycles.